The van der Waals surface area contributed by atoms with Crippen LogP contribution < -0.4 is 10.1 Å². The van der Waals surface area contributed by atoms with E-state index >= 15 is 0 Å². The van der Waals surface area contributed by atoms with Crippen molar-refractivity contribution < 1.29 is 9.53 Å². The summed E-state index contributed by atoms with van der Waals surface area (Å²) in [4.78, 5) is 13.5. The Morgan fingerprint density at radius 2 is 1.70 bits per heavy atom. The molecule has 0 aliphatic heterocycles. The third kappa shape index (κ3) is 5.43. The van der Waals surface area contributed by atoms with Crippen molar-refractivity contribution in [1.82, 2.24) is 14.8 Å². The number of nitrogens with zero attached hydrogens (tertiary/aromatic N) is 3. The predicted molar refractivity (Wildman–Crippen MR) is 132 cm³/mol. The summed E-state index contributed by atoms with van der Waals surface area (Å²) < 4.78 is 7.48. The number of carbonyl (C=O) groups is 1. The molecule has 0 radical (unpaired) electrons. The van der Waals surface area contributed by atoms with Crippen molar-refractivity contribution in [2.24, 2.45) is 0 Å². The lowest BCUT2D eigenvalue weighted by Crippen LogP contribution is -2.20. The fourth-order valence-corrected chi connectivity index (χ4v) is 4.60. The van der Waals surface area contributed by atoms with Crippen molar-refractivity contribution >= 4 is 23.4 Å². The van der Waals surface area contributed by atoms with E-state index in [1.165, 1.54) is 11.8 Å². The second-order valence-electron chi connectivity index (χ2n) is 7.70. The summed E-state index contributed by atoms with van der Waals surface area (Å²) in [6.45, 7) is 4.54. The Morgan fingerprint density at radius 1 is 1.00 bits per heavy atom. The summed E-state index contributed by atoms with van der Waals surface area (Å²) >= 11 is 1.39. The van der Waals surface area contributed by atoms with E-state index in [9.17, 15) is 4.79 Å². The zero-order valence-corrected chi connectivity index (χ0v) is 19.7. The van der Waals surface area contributed by atoms with Gasteiger partial charge in [-0.25, -0.2) is 0 Å². The smallest absolute Gasteiger partial charge is 0.242 e. The first-order valence-electron chi connectivity index (χ1n) is 10.7. The second kappa shape index (κ2) is 10.4. The van der Waals surface area contributed by atoms with E-state index in [2.05, 4.69) is 27.6 Å². The van der Waals surface area contributed by atoms with E-state index in [4.69, 9.17) is 4.74 Å². The highest BCUT2D eigenvalue weighted by molar-refractivity contribution is 8.00. The summed E-state index contributed by atoms with van der Waals surface area (Å²) in [5, 5.41) is 11.9. The Labute approximate surface area is 198 Å². The molecule has 1 heterocycles. The molecule has 0 spiro atoms. The van der Waals surface area contributed by atoms with Gasteiger partial charge in [0, 0.05) is 0 Å². The minimum Gasteiger partial charge on any atom is -0.495 e. The summed E-state index contributed by atoms with van der Waals surface area (Å²) in [6.07, 6.45) is 0. The van der Waals surface area contributed by atoms with Gasteiger partial charge in [-0.3, -0.25) is 4.79 Å². The van der Waals surface area contributed by atoms with Gasteiger partial charge in [0.2, 0.25) is 5.91 Å². The first-order chi connectivity index (χ1) is 16.0. The second-order valence-corrected chi connectivity index (χ2v) is 8.78. The van der Waals surface area contributed by atoms with Gasteiger partial charge < -0.3 is 14.6 Å². The van der Waals surface area contributed by atoms with Crippen LogP contribution in [0.3, 0.4) is 0 Å². The van der Waals surface area contributed by atoms with Crippen LogP contribution in [0.15, 0.2) is 84.0 Å². The van der Waals surface area contributed by atoms with E-state index in [1.807, 2.05) is 85.1 Å². The van der Waals surface area contributed by atoms with Crippen LogP contribution in [0.1, 0.15) is 27.8 Å². The molecule has 33 heavy (non-hydrogen) atoms. The van der Waals surface area contributed by atoms with Gasteiger partial charge in [0.15, 0.2) is 5.16 Å². The maximum absolute atomic E-state index is 13.5. The standard InChI is InChI=1S/C26H26N4O2S/c1-18-14-15-23(32-3)22(16-18)27-25(31)24(21-12-8-5-9-13-21)33-26-29-28-19(2)30(26)17-20-10-6-4-7-11-20/h4-16,24H,17H2,1-3H3,(H,27,31). The minimum atomic E-state index is -0.519. The van der Waals surface area contributed by atoms with Gasteiger partial charge in [-0.2, -0.15) is 0 Å². The molecular formula is C26H26N4O2S. The molecule has 1 aromatic heterocycles. The van der Waals surface area contributed by atoms with Crippen LogP contribution in [0, 0.1) is 13.8 Å². The average molecular weight is 459 g/mol. The summed E-state index contributed by atoms with van der Waals surface area (Å²) in [5.41, 5.74) is 3.71. The molecule has 4 rings (SSSR count). The zero-order chi connectivity index (χ0) is 23.2. The van der Waals surface area contributed by atoms with Gasteiger partial charge in [-0.1, -0.05) is 78.5 Å². The molecule has 7 heteroatoms. The first-order valence-corrected chi connectivity index (χ1v) is 11.5. The molecule has 0 saturated carbocycles. The van der Waals surface area contributed by atoms with Crippen molar-refractivity contribution in [2.75, 3.05) is 12.4 Å². The molecular weight excluding hydrogens is 432 g/mol. The number of benzene rings is 3. The summed E-state index contributed by atoms with van der Waals surface area (Å²) in [7, 11) is 1.60. The van der Waals surface area contributed by atoms with Crippen LogP contribution in [-0.2, 0) is 11.3 Å². The molecule has 1 atom stereocenters. The Balaban J connectivity index is 1.65. The Kier molecular flexibility index (Phi) is 7.10. The first kappa shape index (κ1) is 22.6. The zero-order valence-electron chi connectivity index (χ0n) is 18.9. The highest BCUT2D eigenvalue weighted by atomic mass is 32.2. The SMILES string of the molecule is COc1ccc(C)cc1NC(=O)C(Sc1nnc(C)n1Cc1ccccc1)c1ccccc1. The fraction of sp³-hybridized carbons (Fsp3) is 0.192. The van der Waals surface area contributed by atoms with Gasteiger partial charge in [0.25, 0.3) is 0 Å². The quantitative estimate of drug-likeness (QED) is 0.357. The molecule has 0 bridgehead atoms. The number of hydrogen-bond acceptors (Lipinski definition) is 5. The van der Waals surface area contributed by atoms with E-state index in [0.29, 0.717) is 23.1 Å². The molecule has 1 unspecified atom stereocenters. The Hall–Kier alpha value is -3.58. The number of aromatic nitrogens is 3. The van der Waals surface area contributed by atoms with E-state index in [0.717, 1.165) is 22.5 Å². The Bertz CT molecular complexity index is 1230. The number of amides is 1. The van der Waals surface area contributed by atoms with Gasteiger partial charge >= 0.3 is 0 Å². The number of thioether (sulfide) groups is 1. The summed E-state index contributed by atoms with van der Waals surface area (Å²) in [6, 6.07) is 25.6. The number of methoxy groups -OCH3 is 1. The number of nitrogens with one attached hydrogen (secondary N) is 1. The molecule has 1 N–H and O–H groups in total. The van der Waals surface area contributed by atoms with Crippen LogP contribution in [0.25, 0.3) is 0 Å². The van der Waals surface area contributed by atoms with Crippen LogP contribution in [0.2, 0.25) is 0 Å². The highest BCUT2D eigenvalue weighted by Gasteiger charge is 2.26. The van der Waals surface area contributed by atoms with E-state index in [-0.39, 0.29) is 5.91 Å². The monoisotopic (exact) mass is 458 g/mol. The Morgan fingerprint density at radius 3 is 2.39 bits per heavy atom. The molecule has 4 aromatic rings. The van der Waals surface area contributed by atoms with Crippen molar-refractivity contribution in [1.29, 1.82) is 0 Å². The molecule has 0 saturated heterocycles. The molecule has 0 fully saturated rings. The largest absolute Gasteiger partial charge is 0.495 e. The van der Waals surface area contributed by atoms with Crippen LogP contribution in [-0.4, -0.2) is 27.8 Å². The van der Waals surface area contributed by atoms with Crippen LogP contribution in [0.4, 0.5) is 5.69 Å². The lowest BCUT2D eigenvalue weighted by molar-refractivity contribution is -0.115. The van der Waals surface area contributed by atoms with E-state index in [1.54, 1.807) is 7.11 Å². The third-order valence-corrected chi connectivity index (χ3v) is 6.50. The van der Waals surface area contributed by atoms with Crippen molar-refractivity contribution in [3.8, 4) is 5.75 Å². The lowest BCUT2D eigenvalue weighted by atomic mass is 10.1. The molecule has 0 aliphatic carbocycles. The van der Waals surface area contributed by atoms with Crippen molar-refractivity contribution in [3.63, 3.8) is 0 Å². The number of rotatable bonds is 8. The normalized spacial score (nSPS) is 11.7. The minimum absolute atomic E-state index is 0.151. The van der Waals surface area contributed by atoms with Crippen LogP contribution in [0.5, 0.6) is 5.75 Å². The highest BCUT2D eigenvalue weighted by Crippen LogP contribution is 2.37. The number of hydrogen-bond donors (Lipinski definition) is 1. The number of ether oxygens (including phenoxy) is 1. The van der Waals surface area contributed by atoms with Gasteiger partial charge in [0.1, 0.15) is 16.8 Å². The van der Waals surface area contributed by atoms with Crippen LogP contribution >= 0.6 is 11.8 Å². The molecule has 3 aromatic carbocycles. The summed E-state index contributed by atoms with van der Waals surface area (Å²) in [5.74, 6) is 1.27. The number of anilines is 1. The van der Waals surface area contributed by atoms with Gasteiger partial charge in [-0.05, 0) is 42.7 Å². The number of carbonyl (C=O) groups excluding carboxylic acids is 1. The molecule has 6 nitrogen and oxygen atoms in total. The molecule has 168 valence electrons. The van der Waals surface area contributed by atoms with Crippen molar-refractivity contribution in [2.45, 2.75) is 30.8 Å². The van der Waals surface area contributed by atoms with E-state index < -0.39 is 5.25 Å². The lowest BCUT2D eigenvalue weighted by Gasteiger charge is -2.18. The topological polar surface area (TPSA) is 69.0 Å². The molecule has 1 amide bonds. The number of aryl methyl sites for hydroxylation is 2. The fourth-order valence-electron chi connectivity index (χ4n) is 3.52. The maximum Gasteiger partial charge on any atom is 0.242 e. The predicted octanol–water partition coefficient (Wildman–Crippen LogP) is 5.42. The maximum atomic E-state index is 13.5. The average Bonchev–Trinajstić information content (AvgIpc) is 3.17. The third-order valence-electron chi connectivity index (χ3n) is 5.26. The van der Waals surface area contributed by atoms with Gasteiger partial charge in [-0.15, -0.1) is 10.2 Å². The molecule has 0 aliphatic rings. The van der Waals surface area contributed by atoms with Crippen molar-refractivity contribution in [3.05, 3.63) is 101 Å². The van der Waals surface area contributed by atoms with Gasteiger partial charge in [0.05, 0.1) is 19.3 Å².